The quantitative estimate of drug-likeness (QED) is 0.902. The van der Waals surface area contributed by atoms with Crippen LogP contribution in [0.15, 0.2) is 22.7 Å². The molecule has 0 amide bonds. The number of hydrogen-bond donors (Lipinski definition) is 1. The number of hydrogen-bond acceptors (Lipinski definition) is 2. The first-order valence-electron chi connectivity index (χ1n) is 6.95. The van der Waals surface area contributed by atoms with E-state index in [9.17, 15) is 9.50 Å². The van der Waals surface area contributed by atoms with E-state index in [-0.39, 0.29) is 5.82 Å². The predicted molar refractivity (Wildman–Crippen MR) is 76.6 cm³/mol. The van der Waals surface area contributed by atoms with Crippen molar-refractivity contribution in [2.24, 2.45) is 0 Å². The van der Waals surface area contributed by atoms with E-state index in [0.717, 1.165) is 29.4 Å². The number of benzene rings is 1. The molecule has 1 N–H and O–H groups in total. The number of aliphatic hydroxyl groups is 1. The standard InChI is InChI=1S/C15H19BrFNO/c16-12-6-11(7-13(17)8-12)9-15(19)3-5-18-4-1-2-14(18)10-15/h6-8,14,19H,1-5,9-10H2. The zero-order valence-corrected chi connectivity index (χ0v) is 12.5. The maximum atomic E-state index is 13.4. The number of fused-ring (bicyclic) bond motifs is 1. The second-order valence-electron chi connectivity index (χ2n) is 5.96. The first-order valence-corrected chi connectivity index (χ1v) is 7.75. The highest BCUT2D eigenvalue weighted by atomic mass is 79.9. The molecule has 2 atom stereocenters. The number of piperidine rings is 1. The van der Waals surface area contributed by atoms with E-state index < -0.39 is 5.60 Å². The Balaban J connectivity index is 1.74. The molecule has 19 heavy (non-hydrogen) atoms. The first kappa shape index (κ1) is 13.5. The molecule has 2 aliphatic rings. The third-order valence-corrected chi connectivity index (χ3v) is 4.89. The van der Waals surface area contributed by atoms with E-state index in [1.54, 1.807) is 0 Å². The minimum Gasteiger partial charge on any atom is -0.389 e. The first-order chi connectivity index (χ1) is 9.04. The van der Waals surface area contributed by atoms with Gasteiger partial charge in [-0.05, 0) is 56.0 Å². The average Bonchev–Trinajstić information content (AvgIpc) is 2.73. The van der Waals surface area contributed by atoms with Gasteiger partial charge in [0.15, 0.2) is 0 Å². The number of halogens is 2. The number of nitrogens with zero attached hydrogens (tertiary/aromatic N) is 1. The summed E-state index contributed by atoms with van der Waals surface area (Å²) in [4.78, 5) is 2.48. The zero-order chi connectivity index (χ0) is 13.5. The normalized spacial score (nSPS) is 31.4. The molecule has 0 bridgehead atoms. The van der Waals surface area contributed by atoms with Crippen molar-refractivity contribution in [3.8, 4) is 0 Å². The Morgan fingerprint density at radius 1 is 1.37 bits per heavy atom. The minimum absolute atomic E-state index is 0.244. The van der Waals surface area contributed by atoms with Crippen LogP contribution in [0, 0.1) is 5.82 Å². The summed E-state index contributed by atoms with van der Waals surface area (Å²) >= 11 is 3.31. The Kier molecular flexibility index (Phi) is 3.67. The van der Waals surface area contributed by atoms with E-state index in [0.29, 0.717) is 12.5 Å². The summed E-state index contributed by atoms with van der Waals surface area (Å²) in [6.07, 6.45) is 4.59. The van der Waals surface area contributed by atoms with Gasteiger partial charge in [-0.2, -0.15) is 0 Å². The molecule has 2 unspecified atom stereocenters. The fourth-order valence-electron chi connectivity index (χ4n) is 3.57. The molecule has 0 saturated carbocycles. The molecule has 2 aliphatic heterocycles. The highest BCUT2D eigenvalue weighted by Crippen LogP contribution is 2.35. The SMILES string of the molecule is OC1(Cc2cc(F)cc(Br)c2)CCN2CCCC2C1. The van der Waals surface area contributed by atoms with Crippen LogP contribution in [0.5, 0.6) is 0 Å². The van der Waals surface area contributed by atoms with E-state index in [1.165, 1.54) is 31.5 Å². The van der Waals surface area contributed by atoms with Gasteiger partial charge in [-0.1, -0.05) is 15.9 Å². The smallest absolute Gasteiger partial charge is 0.124 e. The largest absolute Gasteiger partial charge is 0.389 e. The van der Waals surface area contributed by atoms with Crippen molar-refractivity contribution in [3.05, 3.63) is 34.1 Å². The van der Waals surface area contributed by atoms with E-state index >= 15 is 0 Å². The summed E-state index contributed by atoms with van der Waals surface area (Å²) in [6.45, 7) is 2.14. The molecule has 1 aromatic rings. The minimum atomic E-state index is -0.668. The molecule has 2 nitrogen and oxygen atoms in total. The van der Waals surface area contributed by atoms with Gasteiger partial charge in [0, 0.05) is 23.5 Å². The summed E-state index contributed by atoms with van der Waals surface area (Å²) < 4.78 is 14.1. The van der Waals surface area contributed by atoms with Gasteiger partial charge in [0.2, 0.25) is 0 Å². The van der Waals surface area contributed by atoms with Gasteiger partial charge in [-0.3, -0.25) is 0 Å². The molecule has 0 radical (unpaired) electrons. The van der Waals surface area contributed by atoms with Crippen molar-refractivity contribution in [1.82, 2.24) is 4.90 Å². The molecule has 104 valence electrons. The van der Waals surface area contributed by atoms with E-state index in [1.807, 2.05) is 6.07 Å². The molecule has 1 aromatic carbocycles. The van der Waals surface area contributed by atoms with Crippen LogP contribution >= 0.6 is 15.9 Å². The summed E-state index contributed by atoms with van der Waals surface area (Å²) in [7, 11) is 0. The van der Waals surface area contributed by atoms with Gasteiger partial charge in [0.25, 0.3) is 0 Å². The highest BCUT2D eigenvalue weighted by Gasteiger charge is 2.40. The highest BCUT2D eigenvalue weighted by molar-refractivity contribution is 9.10. The topological polar surface area (TPSA) is 23.5 Å². The van der Waals surface area contributed by atoms with Crippen molar-refractivity contribution < 1.29 is 9.50 Å². The predicted octanol–water partition coefficient (Wildman–Crippen LogP) is 3.12. The maximum absolute atomic E-state index is 13.4. The molecular weight excluding hydrogens is 309 g/mol. The van der Waals surface area contributed by atoms with Crippen LogP contribution in [0.3, 0.4) is 0 Å². The van der Waals surface area contributed by atoms with E-state index in [4.69, 9.17) is 0 Å². The van der Waals surface area contributed by atoms with Crippen molar-refractivity contribution >= 4 is 15.9 Å². The molecule has 0 aliphatic carbocycles. The Morgan fingerprint density at radius 3 is 3.00 bits per heavy atom. The van der Waals surface area contributed by atoms with Crippen LogP contribution in [0.25, 0.3) is 0 Å². The van der Waals surface area contributed by atoms with Gasteiger partial charge in [-0.15, -0.1) is 0 Å². The monoisotopic (exact) mass is 327 g/mol. The fraction of sp³-hybridized carbons (Fsp3) is 0.600. The third-order valence-electron chi connectivity index (χ3n) is 4.43. The van der Waals surface area contributed by atoms with Crippen molar-refractivity contribution in [1.29, 1.82) is 0 Å². The van der Waals surface area contributed by atoms with Crippen molar-refractivity contribution in [2.75, 3.05) is 13.1 Å². The fourth-order valence-corrected chi connectivity index (χ4v) is 4.08. The Morgan fingerprint density at radius 2 is 2.21 bits per heavy atom. The van der Waals surface area contributed by atoms with Gasteiger partial charge in [-0.25, -0.2) is 4.39 Å². The van der Waals surface area contributed by atoms with Gasteiger partial charge >= 0.3 is 0 Å². The lowest BCUT2D eigenvalue weighted by Gasteiger charge is -2.41. The zero-order valence-electron chi connectivity index (χ0n) is 10.9. The third kappa shape index (κ3) is 3.01. The second kappa shape index (κ2) is 5.15. The summed E-state index contributed by atoms with van der Waals surface area (Å²) in [5.74, 6) is -0.244. The Bertz CT molecular complexity index is 461. The molecule has 0 aromatic heterocycles. The van der Waals surface area contributed by atoms with Crippen LogP contribution in [0.4, 0.5) is 4.39 Å². The van der Waals surface area contributed by atoms with Crippen LogP contribution in [-0.4, -0.2) is 34.7 Å². The lowest BCUT2D eigenvalue weighted by atomic mass is 9.82. The number of rotatable bonds is 2. The molecule has 0 spiro atoms. The van der Waals surface area contributed by atoms with Crippen molar-refractivity contribution in [3.63, 3.8) is 0 Å². The van der Waals surface area contributed by atoms with Crippen molar-refractivity contribution in [2.45, 2.75) is 43.7 Å². The summed E-state index contributed by atoms with van der Waals surface area (Å²) in [5, 5.41) is 10.8. The Labute approximate surface area is 121 Å². The van der Waals surface area contributed by atoms with Gasteiger partial charge < -0.3 is 10.0 Å². The lowest BCUT2D eigenvalue weighted by molar-refractivity contribution is -0.0354. The van der Waals surface area contributed by atoms with Crippen LogP contribution in [-0.2, 0) is 6.42 Å². The summed E-state index contributed by atoms with van der Waals surface area (Å²) in [5.41, 5.74) is 0.208. The maximum Gasteiger partial charge on any atom is 0.124 e. The van der Waals surface area contributed by atoms with Crippen LogP contribution in [0.2, 0.25) is 0 Å². The molecule has 2 saturated heterocycles. The lowest BCUT2D eigenvalue weighted by Crippen LogP contribution is -2.48. The molecular formula is C15H19BrFNO. The average molecular weight is 328 g/mol. The molecule has 2 heterocycles. The van der Waals surface area contributed by atoms with Gasteiger partial charge in [0.1, 0.15) is 5.82 Å². The molecule has 3 rings (SSSR count). The summed E-state index contributed by atoms with van der Waals surface area (Å²) in [6, 6.07) is 5.41. The van der Waals surface area contributed by atoms with Crippen LogP contribution in [0.1, 0.15) is 31.2 Å². The van der Waals surface area contributed by atoms with Gasteiger partial charge in [0.05, 0.1) is 5.60 Å². The Hall–Kier alpha value is -0.450. The molecule has 4 heteroatoms. The second-order valence-corrected chi connectivity index (χ2v) is 6.88. The van der Waals surface area contributed by atoms with Crippen LogP contribution < -0.4 is 0 Å². The van der Waals surface area contributed by atoms with E-state index in [2.05, 4.69) is 20.8 Å². The molecule has 2 fully saturated rings.